The summed E-state index contributed by atoms with van der Waals surface area (Å²) < 4.78 is 0. The van der Waals surface area contributed by atoms with Gasteiger partial charge in [-0.15, -0.1) is 0 Å². The van der Waals surface area contributed by atoms with Gasteiger partial charge in [-0.2, -0.15) is 0 Å². The van der Waals surface area contributed by atoms with Crippen LogP contribution in [0, 0.1) is 0 Å². The van der Waals surface area contributed by atoms with Crippen LogP contribution in [-0.4, -0.2) is 29.4 Å². The summed E-state index contributed by atoms with van der Waals surface area (Å²) in [6.45, 7) is 0. The summed E-state index contributed by atoms with van der Waals surface area (Å²) in [6.07, 6.45) is -1.27. The van der Waals surface area contributed by atoms with E-state index in [2.05, 4.69) is 5.32 Å². The van der Waals surface area contributed by atoms with Crippen molar-refractivity contribution in [2.45, 2.75) is 6.23 Å². The lowest BCUT2D eigenvalue weighted by Gasteiger charge is -2.34. The number of rotatable bonds is 2. The van der Waals surface area contributed by atoms with Gasteiger partial charge in [-0.05, 0) is 24.3 Å². The van der Waals surface area contributed by atoms with E-state index in [4.69, 9.17) is 11.6 Å². The van der Waals surface area contributed by atoms with Gasteiger partial charge in [0.05, 0.1) is 16.3 Å². The molecule has 6 heteroatoms. The van der Waals surface area contributed by atoms with Crippen LogP contribution >= 0.6 is 11.6 Å². The molecule has 3 N–H and O–H groups in total. The van der Waals surface area contributed by atoms with Gasteiger partial charge < -0.3 is 20.4 Å². The molecule has 3 rings (SSSR count). The lowest BCUT2D eigenvalue weighted by molar-refractivity contribution is -0.113. The maximum atomic E-state index is 12.5. The summed E-state index contributed by atoms with van der Waals surface area (Å²) in [7, 11) is 1.63. The highest BCUT2D eigenvalue weighted by Crippen LogP contribution is 2.39. The van der Waals surface area contributed by atoms with E-state index < -0.39 is 12.1 Å². The Hall–Kier alpha value is -2.50. The van der Waals surface area contributed by atoms with Gasteiger partial charge in [-0.25, -0.2) is 0 Å². The van der Waals surface area contributed by atoms with Crippen LogP contribution in [0.15, 0.2) is 54.1 Å². The van der Waals surface area contributed by atoms with Crippen LogP contribution in [0.2, 0.25) is 5.02 Å². The first-order valence-corrected chi connectivity index (χ1v) is 7.38. The Kier molecular flexibility index (Phi) is 3.98. The summed E-state index contributed by atoms with van der Waals surface area (Å²) in [6, 6.07) is 13.9. The fraction of sp³-hybridized carbons (Fsp3) is 0.118. The Morgan fingerprint density at radius 1 is 1.17 bits per heavy atom. The van der Waals surface area contributed by atoms with Crippen molar-refractivity contribution < 1.29 is 15.0 Å². The van der Waals surface area contributed by atoms with Crippen LogP contribution < -0.4 is 10.2 Å². The summed E-state index contributed by atoms with van der Waals surface area (Å²) in [5.74, 6) is -0.900. The number of nitrogens with one attached hydrogen (secondary N) is 1. The summed E-state index contributed by atoms with van der Waals surface area (Å²) in [4.78, 5) is 14.0. The van der Waals surface area contributed by atoms with Crippen LogP contribution in [0.25, 0.3) is 5.76 Å². The zero-order valence-electron chi connectivity index (χ0n) is 12.3. The highest BCUT2D eigenvalue weighted by Gasteiger charge is 2.35. The lowest BCUT2D eigenvalue weighted by atomic mass is 9.98. The molecule has 0 saturated heterocycles. The molecule has 5 nitrogen and oxygen atoms in total. The molecule has 1 heterocycles. The second-order valence-electron chi connectivity index (χ2n) is 5.20. The zero-order valence-corrected chi connectivity index (χ0v) is 13.1. The Morgan fingerprint density at radius 2 is 1.87 bits per heavy atom. The fourth-order valence-corrected chi connectivity index (χ4v) is 2.83. The van der Waals surface area contributed by atoms with Crippen molar-refractivity contribution in [2.24, 2.45) is 0 Å². The Morgan fingerprint density at radius 3 is 2.57 bits per heavy atom. The normalized spacial score (nSPS) is 17.0. The van der Waals surface area contributed by atoms with Crippen molar-refractivity contribution in [1.82, 2.24) is 0 Å². The molecule has 0 saturated carbocycles. The van der Waals surface area contributed by atoms with Crippen molar-refractivity contribution in [1.29, 1.82) is 0 Å². The number of carbonyl (C=O) groups excluding carboxylic acids is 1. The van der Waals surface area contributed by atoms with E-state index in [0.717, 1.165) is 0 Å². The minimum atomic E-state index is -1.27. The molecule has 0 spiro atoms. The average Bonchev–Trinajstić information content (AvgIpc) is 2.53. The Labute approximate surface area is 138 Å². The Balaban J connectivity index is 2.05. The quantitative estimate of drug-likeness (QED) is 0.791. The average molecular weight is 331 g/mol. The summed E-state index contributed by atoms with van der Waals surface area (Å²) in [5, 5.41) is 23.9. The van der Waals surface area contributed by atoms with Crippen molar-refractivity contribution in [3.8, 4) is 0 Å². The maximum Gasteiger partial charge on any atom is 0.259 e. The monoisotopic (exact) mass is 330 g/mol. The Bertz CT molecular complexity index is 790. The van der Waals surface area contributed by atoms with Crippen molar-refractivity contribution >= 4 is 34.6 Å². The van der Waals surface area contributed by atoms with Gasteiger partial charge in [0.1, 0.15) is 11.3 Å². The minimum Gasteiger partial charge on any atom is -0.507 e. The summed E-state index contributed by atoms with van der Waals surface area (Å²) in [5.41, 5.74) is 1.31. The van der Waals surface area contributed by atoms with Crippen LogP contribution in [0.3, 0.4) is 0 Å². The zero-order chi connectivity index (χ0) is 16.6. The molecule has 2 aromatic carbocycles. The third kappa shape index (κ3) is 2.65. The van der Waals surface area contributed by atoms with Gasteiger partial charge in [0.2, 0.25) is 0 Å². The molecule has 0 aromatic heterocycles. The molecule has 23 heavy (non-hydrogen) atoms. The van der Waals surface area contributed by atoms with Crippen molar-refractivity contribution in [2.75, 3.05) is 17.3 Å². The number of benzene rings is 2. The van der Waals surface area contributed by atoms with Crippen LogP contribution in [0.5, 0.6) is 0 Å². The maximum absolute atomic E-state index is 12.5. The van der Waals surface area contributed by atoms with Gasteiger partial charge in [-0.3, -0.25) is 4.79 Å². The van der Waals surface area contributed by atoms with E-state index in [1.54, 1.807) is 49.5 Å². The predicted octanol–water partition coefficient (Wildman–Crippen LogP) is 3.02. The molecular formula is C17H15ClN2O3. The van der Waals surface area contributed by atoms with Gasteiger partial charge in [-0.1, -0.05) is 35.9 Å². The highest BCUT2D eigenvalue weighted by molar-refractivity contribution is 6.33. The number of aliphatic hydroxyl groups is 2. The molecule has 1 atom stereocenters. The number of amides is 1. The SMILES string of the molecule is CN1c2cccc(Cl)c2C(O)=C(C(=O)Nc2ccccc2)C1O. The smallest absolute Gasteiger partial charge is 0.259 e. The van der Waals surface area contributed by atoms with Gasteiger partial charge >= 0.3 is 0 Å². The molecule has 1 aliphatic heterocycles. The van der Waals surface area contributed by atoms with Gasteiger partial charge in [0, 0.05) is 12.7 Å². The van der Waals surface area contributed by atoms with E-state index >= 15 is 0 Å². The number of hydrogen-bond donors (Lipinski definition) is 3. The number of likely N-dealkylation sites (N-methyl/N-ethyl adjacent to an activating group) is 1. The third-order valence-electron chi connectivity index (χ3n) is 3.76. The topological polar surface area (TPSA) is 72.8 Å². The van der Waals surface area contributed by atoms with Crippen molar-refractivity contribution in [3.05, 3.63) is 64.7 Å². The van der Waals surface area contributed by atoms with E-state index in [0.29, 0.717) is 22.0 Å². The number of aliphatic hydroxyl groups excluding tert-OH is 2. The second-order valence-corrected chi connectivity index (χ2v) is 5.61. The fourth-order valence-electron chi connectivity index (χ4n) is 2.57. The standard InChI is InChI=1S/C17H15ClN2O3/c1-20-12-9-5-8-11(18)13(12)15(21)14(17(20)23)16(22)19-10-6-3-2-4-7-10/h2-9,17,21,23H,1H3,(H,19,22). The first kappa shape index (κ1) is 15.4. The first-order valence-electron chi connectivity index (χ1n) is 7.00. The highest BCUT2D eigenvalue weighted by atomic mass is 35.5. The van der Waals surface area contributed by atoms with Crippen LogP contribution in [0.4, 0.5) is 11.4 Å². The number of fused-ring (bicyclic) bond motifs is 1. The molecular weight excluding hydrogens is 316 g/mol. The van der Waals surface area contributed by atoms with Crippen LogP contribution in [0.1, 0.15) is 5.56 Å². The number of para-hydroxylation sites is 1. The van der Waals surface area contributed by atoms with E-state index in [1.165, 1.54) is 4.90 Å². The van der Waals surface area contributed by atoms with Crippen LogP contribution in [-0.2, 0) is 4.79 Å². The van der Waals surface area contributed by atoms with Gasteiger partial charge in [0.15, 0.2) is 6.23 Å². The summed E-state index contributed by atoms with van der Waals surface area (Å²) >= 11 is 6.15. The molecule has 2 aromatic rings. The lowest BCUT2D eigenvalue weighted by Crippen LogP contribution is -2.41. The minimum absolute atomic E-state index is 0.142. The molecule has 118 valence electrons. The van der Waals surface area contributed by atoms with Crippen molar-refractivity contribution in [3.63, 3.8) is 0 Å². The first-order chi connectivity index (χ1) is 11.0. The number of nitrogens with zero attached hydrogens (tertiary/aromatic N) is 1. The predicted molar refractivity (Wildman–Crippen MR) is 90.5 cm³/mol. The molecule has 0 aliphatic carbocycles. The number of carbonyl (C=O) groups is 1. The molecule has 1 amide bonds. The number of hydrogen-bond acceptors (Lipinski definition) is 4. The molecule has 0 radical (unpaired) electrons. The molecule has 1 unspecified atom stereocenters. The number of halogens is 1. The number of anilines is 2. The largest absolute Gasteiger partial charge is 0.507 e. The molecule has 1 aliphatic rings. The third-order valence-corrected chi connectivity index (χ3v) is 4.08. The van der Waals surface area contributed by atoms with E-state index in [1.807, 2.05) is 6.07 Å². The van der Waals surface area contributed by atoms with Gasteiger partial charge in [0.25, 0.3) is 5.91 Å². The van der Waals surface area contributed by atoms with E-state index in [-0.39, 0.29) is 11.3 Å². The van der Waals surface area contributed by atoms with E-state index in [9.17, 15) is 15.0 Å². The molecule has 0 bridgehead atoms. The second kappa shape index (κ2) is 5.95. The molecule has 0 fully saturated rings.